The van der Waals surface area contributed by atoms with Gasteiger partial charge in [0.15, 0.2) is 11.2 Å². The van der Waals surface area contributed by atoms with E-state index in [4.69, 9.17) is 0 Å². The Morgan fingerprint density at radius 3 is 2.77 bits per heavy atom. The summed E-state index contributed by atoms with van der Waals surface area (Å²) in [6.45, 7) is 4.16. The quantitative estimate of drug-likeness (QED) is 0.648. The van der Waals surface area contributed by atoms with Crippen LogP contribution in [0.5, 0.6) is 0 Å². The number of rotatable bonds is 1. The Balaban J connectivity index is 2.77. The minimum atomic E-state index is 0.349. The monoisotopic (exact) mass is 177 g/mol. The molecule has 0 aliphatic heterocycles. The molecular formula is C8H11N5. The molecule has 68 valence electrons. The largest absolute Gasteiger partial charge is 0.239 e. The van der Waals surface area contributed by atoms with Crippen molar-refractivity contribution in [3.8, 4) is 0 Å². The Labute approximate surface area is 75.8 Å². The van der Waals surface area contributed by atoms with E-state index in [1.807, 2.05) is 7.05 Å². The lowest BCUT2D eigenvalue weighted by molar-refractivity contribution is 0.729. The Morgan fingerprint density at radius 1 is 1.31 bits per heavy atom. The molecule has 13 heavy (non-hydrogen) atoms. The first-order valence-corrected chi connectivity index (χ1v) is 4.20. The molecule has 0 amide bonds. The number of hydrogen-bond acceptors (Lipinski definition) is 4. The molecule has 0 N–H and O–H groups in total. The van der Waals surface area contributed by atoms with E-state index in [-0.39, 0.29) is 0 Å². The van der Waals surface area contributed by atoms with Crippen LogP contribution in [0.4, 0.5) is 0 Å². The van der Waals surface area contributed by atoms with Crippen molar-refractivity contribution in [2.75, 3.05) is 0 Å². The number of hydrogen-bond donors (Lipinski definition) is 0. The fourth-order valence-electron chi connectivity index (χ4n) is 1.29. The first-order valence-electron chi connectivity index (χ1n) is 4.20. The van der Waals surface area contributed by atoms with E-state index < -0.39 is 0 Å². The summed E-state index contributed by atoms with van der Waals surface area (Å²) in [6.07, 6.45) is 1.56. The van der Waals surface area contributed by atoms with Crippen LogP contribution in [0, 0.1) is 0 Å². The van der Waals surface area contributed by atoms with Crippen LogP contribution in [0.15, 0.2) is 6.33 Å². The topological polar surface area (TPSA) is 56.5 Å². The predicted molar refractivity (Wildman–Crippen MR) is 48.2 cm³/mol. The highest BCUT2D eigenvalue weighted by Gasteiger charge is 2.11. The van der Waals surface area contributed by atoms with Gasteiger partial charge in [0.1, 0.15) is 6.33 Å². The van der Waals surface area contributed by atoms with Gasteiger partial charge in [0.25, 0.3) is 0 Å². The summed E-state index contributed by atoms with van der Waals surface area (Å²) in [5, 5.41) is 7.93. The highest BCUT2D eigenvalue weighted by atomic mass is 15.4. The summed E-state index contributed by atoms with van der Waals surface area (Å²) in [5.41, 5.74) is 2.55. The third kappa shape index (κ3) is 1.16. The summed E-state index contributed by atoms with van der Waals surface area (Å²) in [4.78, 5) is 8.30. The SMILES string of the molecule is CC(C)c1ncnc2c1nnn2C. The van der Waals surface area contributed by atoms with Gasteiger partial charge >= 0.3 is 0 Å². The van der Waals surface area contributed by atoms with E-state index in [1.54, 1.807) is 11.0 Å². The second-order valence-electron chi connectivity index (χ2n) is 3.30. The van der Waals surface area contributed by atoms with Crippen LogP contribution in [0.1, 0.15) is 25.5 Å². The Kier molecular flexibility index (Phi) is 1.72. The van der Waals surface area contributed by atoms with Crippen molar-refractivity contribution in [2.45, 2.75) is 19.8 Å². The first kappa shape index (κ1) is 8.10. The Morgan fingerprint density at radius 2 is 2.08 bits per heavy atom. The second-order valence-corrected chi connectivity index (χ2v) is 3.30. The summed E-state index contributed by atoms with van der Waals surface area (Å²) in [7, 11) is 1.83. The van der Waals surface area contributed by atoms with Gasteiger partial charge in [-0.1, -0.05) is 19.1 Å². The lowest BCUT2D eigenvalue weighted by atomic mass is 10.1. The van der Waals surface area contributed by atoms with E-state index in [2.05, 4.69) is 34.1 Å². The van der Waals surface area contributed by atoms with Crippen LogP contribution in [0.25, 0.3) is 11.2 Å². The number of aromatic nitrogens is 5. The first-order chi connectivity index (χ1) is 6.20. The summed E-state index contributed by atoms with van der Waals surface area (Å²) in [5.74, 6) is 0.349. The Bertz CT molecular complexity index is 431. The zero-order chi connectivity index (χ0) is 9.42. The van der Waals surface area contributed by atoms with E-state index in [0.717, 1.165) is 16.9 Å². The molecule has 0 aromatic carbocycles. The number of fused-ring (bicyclic) bond motifs is 1. The molecule has 2 aromatic heterocycles. The molecule has 5 heteroatoms. The molecule has 2 rings (SSSR count). The van der Waals surface area contributed by atoms with E-state index in [1.165, 1.54) is 0 Å². The van der Waals surface area contributed by atoms with Crippen LogP contribution in [-0.2, 0) is 7.05 Å². The van der Waals surface area contributed by atoms with Crippen LogP contribution in [-0.4, -0.2) is 25.0 Å². The molecule has 0 radical (unpaired) electrons. The van der Waals surface area contributed by atoms with E-state index in [0.29, 0.717) is 5.92 Å². The van der Waals surface area contributed by atoms with Gasteiger partial charge in [-0.2, -0.15) is 0 Å². The molecule has 0 spiro atoms. The fraction of sp³-hybridized carbons (Fsp3) is 0.500. The lowest BCUT2D eigenvalue weighted by Crippen LogP contribution is -1.97. The molecule has 0 unspecified atom stereocenters. The zero-order valence-electron chi connectivity index (χ0n) is 7.89. The van der Waals surface area contributed by atoms with E-state index >= 15 is 0 Å². The van der Waals surface area contributed by atoms with Crippen LogP contribution >= 0.6 is 0 Å². The van der Waals surface area contributed by atoms with Gasteiger partial charge in [-0.3, -0.25) is 0 Å². The summed E-state index contributed by atoms with van der Waals surface area (Å²) < 4.78 is 1.66. The summed E-state index contributed by atoms with van der Waals surface area (Å²) >= 11 is 0. The molecule has 0 saturated heterocycles. The normalized spacial score (nSPS) is 11.4. The smallest absolute Gasteiger partial charge is 0.181 e. The highest BCUT2D eigenvalue weighted by Crippen LogP contribution is 2.18. The predicted octanol–water partition coefficient (Wildman–Crippen LogP) is 0.882. The van der Waals surface area contributed by atoms with Gasteiger partial charge in [-0.15, -0.1) is 5.10 Å². The van der Waals surface area contributed by atoms with Gasteiger partial charge in [0.05, 0.1) is 5.69 Å². The molecular weight excluding hydrogens is 166 g/mol. The maximum absolute atomic E-state index is 4.19. The van der Waals surface area contributed by atoms with Crippen molar-refractivity contribution in [1.29, 1.82) is 0 Å². The van der Waals surface area contributed by atoms with Crippen LogP contribution in [0.2, 0.25) is 0 Å². The zero-order valence-corrected chi connectivity index (χ0v) is 7.89. The van der Waals surface area contributed by atoms with Gasteiger partial charge in [0.2, 0.25) is 0 Å². The average molecular weight is 177 g/mol. The van der Waals surface area contributed by atoms with Gasteiger partial charge in [0, 0.05) is 7.05 Å². The molecule has 2 heterocycles. The van der Waals surface area contributed by atoms with Gasteiger partial charge in [-0.05, 0) is 5.92 Å². The summed E-state index contributed by atoms with van der Waals surface area (Å²) in [6, 6.07) is 0. The van der Waals surface area contributed by atoms with Gasteiger partial charge < -0.3 is 0 Å². The molecule has 0 saturated carbocycles. The maximum atomic E-state index is 4.19. The molecule has 2 aromatic rings. The third-order valence-electron chi connectivity index (χ3n) is 1.96. The van der Waals surface area contributed by atoms with Crippen LogP contribution < -0.4 is 0 Å². The lowest BCUT2D eigenvalue weighted by Gasteiger charge is -2.02. The molecule has 0 fully saturated rings. The van der Waals surface area contributed by atoms with Crippen molar-refractivity contribution in [3.05, 3.63) is 12.0 Å². The molecule has 0 aliphatic carbocycles. The van der Waals surface area contributed by atoms with Crippen molar-refractivity contribution in [2.24, 2.45) is 7.05 Å². The fourth-order valence-corrected chi connectivity index (χ4v) is 1.29. The van der Waals surface area contributed by atoms with Crippen molar-refractivity contribution in [3.63, 3.8) is 0 Å². The molecule has 0 atom stereocenters. The molecule has 0 bridgehead atoms. The second kappa shape index (κ2) is 2.76. The van der Waals surface area contributed by atoms with Crippen molar-refractivity contribution >= 4 is 11.2 Å². The van der Waals surface area contributed by atoms with E-state index in [9.17, 15) is 0 Å². The standard InChI is InChI=1S/C8H11N5/c1-5(2)6-7-8(10-4-9-6)13(3)12-11-7/h4-5H,1-3H3. The molecule has 5 nitrogen and oxygen atoms in total. The van der Waals surface area contributed by atoms with Crippen molar-refractivity contribution < 1.29 is 0 Å². The number of aryl methyl sites for hydroxylation is 1. The average Bonchev–Trinajstić information content (AvgIpc) is 2.48. The van der Waals surface area contributed by atoms with Crippen LogP contribution in [0.3, 0.4) is 0 Å². The highest BCUT2D eigenvalue weighted by molar-refractivity contribution is 5.72. The molecule has 0 aliphatic rings. The minimum absolute atomic E-state index is 0.349. The number of nitrogens with zero attached hydrogens (tertiary/aromatic N) is 5. The third-order valence-corrected chi connectivity index (χ3v) is 1.96. The maximum Gasteiger partial charge on any atom is 0.181 e. The van der Waals surface area contributed by atoms with Gasteiger partial charge in [-0.25, -0.2) is 14.6 Å². The minimum Gasteiger partial charge on any atom is -0.239 e. The Hall–Kier alpha value is -1.52. The van der Waals surface area contributed by atoms with Crippen molar-refractivity contribution in [1.82, 2.24) is 25.0 Å².